The normalized spacial score (nSPS) is 38.4. The first kappa shape index (κ1) is 11.7. The Labute approximate surface area is 98.2 Å². The SMILES string of the molecule is CCC1(CN2CCSC(C)C2)CCNC1. The van der Waals surface area contributed by atoms with Gasteiger partial charge in [0.15, 0.2) is 0 Å². The van der Waals surface area contributed by atoms with Gasteiger partial charge < -0.3 is 10.2 Å². The number of thioether (sulfide) groups is 1. The molecule has 2 aliphatic rings. The van der Waals surface area contributed by atoms with E-state index < -0.39 is 0 Å². The summed E-state index contributed by atoms with van der Waals surface area (Å²) in [5.41, 5.74) is 0.585. The Bertz CT molecular complexity index is 202. The summed E-state index contributed by atoms with van der Waals surface area (Å²) in [7, 11) is 0. The molecule has 2 unspecified atom stereocenters. The smallest absolute Gasteiger partial charge is 0.0147 e. The fourth-order valence-corrected chi connectivity index (χ4v) is 3.93. The van der Waals surface area contributed by atoms with Gasteiger partial charge in [0.25, 0.3) is 0 Å². The molecule has 0 spiro atoms. The molecule has 2 fully saturated rings. The van der Waals surface area contributed by atoms with Crippen LogP contribution in [-0.2, 0) is 0 Å². The minimum atomic E-state index is 0.585. The maximum absolute atomic E-state index is 3.53. The summed E-state index contributed by atoms with van der Waals surface area (Å²) in [6.45, 7) is 11.1. The maximum atomic E-state index is 3.53. The van der Waals surface area contributed by atoms with E-state index in [2.05, 4.69) is 35.8 Å². The van der Waals surface area contributed by atoms with Crippen molar-refractivity contribution >= 4 is 11.8 Å². The number of nitrogens with zero attached hydrogens (tertiary/aromatic N) is 1. The Morgan fingerprint density at radius 1 is 1.53 bits per heavy atom. The van der Waals surface area contributed by atoms with Crippen LogP contribution in [0.15, 0.2) is 0 Å². The molecule has 0 bridgehead atoms. The number of nitrogens with one attached hydrogen (secondary N) is 1. The van der Waals surface area contributed by atoms with Crippen molar-refractivity contribution in [2.75, 3.05) is 38.5 Å². The summed E-state index contributed by atoms with van der Waals surface area (Å²) in [4.78, 5) is 2.69. The minimum Gasteiger partial charge on any atom is -0.316 e. The van der Waals surface area contributed by atoms with Gasteiger partial charge in [-0.1, -0.05) is 13.8 Å². The fourth-order valence-electron chi connectivity index (χ4n) is 2.85. The van der Waals surface area contributed by atoms with Crippen LogP contribution < -0.4 is 5.32 Å². The average Bonchev–Trinajstić information content (AvgIpc) is 2.67. The van der Waals surface area contributed by atoms with Crippen LogP contribution >= 0.6 is 11.8 Å². The second kappa shape index (κ2) is 5.07. The zero-order valence-electron chi connectivity index (χ0n) is 10.1. The zero-order valence-corrected chi connectivity index (χ0v) is 10.9. The first-order chi connectivity index (χ1) is 7.24. The first-order valence-electron chi connectivity index (χ1n) is 6.29. The number of hydrogen-bond acceptors (Lipinski definition) is 3. The van der Waals surface area contributed by atoms with E-state index in [-0.39, 0.29) is 0 Å². The largest absolute Gasteiger partial charge is 0.316 e. The van der Waals surface area contributed by atoms with Crippen molar-refractivity contribution in [3.05, 3.63) is 0 Å². The van der Waals surface area contributed by atoms with Gasteiger partial charge in [-0.25, -0.2) is 0 Å². The molecular formula is C12H24N2S. The molecule has 0 amide bonds. The van der Waals surface area contributed by atoms with Gasteiger partial charge in [0.05, 0.1) is 0 Å². The minimum absolute atomic E-state index is 0.585. The van der Waals surface area contributed by atoms with Crippen LogP contribution in [0.5, 0.6) is 0 Å². The van der Waals surface area contributed by atoms with Gasteiger partial charge in [-0.3, -0.25) is 0 Å². The van der Waals surface area contributed by atoms with Crippen molar-refractivity contribution in [3.63, 3.8) is 0 Å². The third-order valence-electron chi connectivity index (χ3n) is 3.97. The fraction of sp³-hybridized carbons (Fsp3) is 1.00. The Morgan fingerprint density at radius 2 is 2.40 bits per heavy atom. The summed E-state index contributed by atoms with van der Waals surface area (Å²) in [6, 6.07) is 0. The predicted octanol–water partition coefficient (Wildman–Crippen LogP) is 1.81. The van der Waals surface area contributed by atoms with Gasteiger partial charge in [0.1, 0.15) is 0 Å². The molecule has 0 aromatic heterocycles. The molecule has 15 heavy (non-hydrogen) atoms. The van der Waals surface area contributed by atoms with Crippen LogP contribution in [-0.4, -0.2) is 48.6 Å². The zero-order chi connectivity index (χ0) is 10.7. The van der Waals surface area contributed by atoms with Crippen molar-refractivity contribution in [1.29, 1.82) is 0 Å². The van der Waals surface area contributed by atoms with Gasteiger partial charge in [0, 0.05) is 37.2 Å². The highest BCUT2D eigenvalue weighted by Gasteiger charge is 2.34. The van der Waals surface area contributed by atoms with E-state index >= 15 is 0 Å². The molecule has 2 heterocycles. The molecule has 1 N–H and O–H groups in total. The lowest BCUT2D eigenvalue weighted by molar-refractivity contribution is 0.163. The van der Waals surface area contributed by atoms with Gasteiger partial charge in [0.2, 0.25) is 0 Å². The van der Waals surface area contributed by atoms with E-state index in [0.29, 0.717) is 5.41 Å². The molecule has 0 aromatic rings. The lowest BCUT2D eigenvalue weighted by Crippen LogP contribution is -2.44. The van der Waals surface area contributed by atoms with E-state index in [1.807, 2.05) is 0 Å². The topological polar surface area (TPSA) is 15.3 Å². The Morgan fingerprint density at radius 3 is 3.00 bits per heavy atom. The van der Waals surface area contributed by atoms with E-state index in [9.17, 15) is 0 Å². The quantitative estimate of drug-likeness (QED) is 0.793. The van der Waals surface area contributed by atoms with Crippen molar-refractivity contribution < 1.29 is 0 Å². The van der Waals surface area contributed by atoms with Gasteiger partial charge in [-0.2, -0.15) is 11.8 Å². The van der Waals surface area contributed by atoms with Crippen molar-refractivity contribution in [2.45, 2.75) is 31.9 Å². The third-order valence-corrected chi connectivity index (χ3v) is 5.10. The van der Waals surface area contributed by atoms with Crippen LogP contribution in [0.2, 0.25) is 0 Å². The lowest BCUT2D eigenvalue weighted by Gasteiger charge is -2.38. The maximum Gasteiger partial charge on any atom is 0.0147 e. The van der Waals surface area contributed by atoms with Crippen LogP contribution in [0.4, 0.5) is 0 Å². The molecule has 2 atom stereocenters. The van der Waals surface area contributed by atoms with E-state index in [1.54, 1.807) is 0 Å². The average molecular weight is 228 g/mol. The summed E-state index contributed by atoms with van der Waals surface area (Å²) < 4.78 is 0. The second-order valence-corrected chi connectivity index (χ2v) is 6.74. The summed E-state index contributed by atoms with van der Waals surface area (Å²) in [5.74, 6) is 1.33. The van der Waals surface area contributed by atoms with Crippen LogP contribution in [0.3, 0.4) is 0 Å². The molecule has 0 saturated carbocycles. The van der Waals surface area contributed by atoms with E-state index in [0.717, 1.165) is 5.25 Å². The molecule has 2 nitrogen and oxygen atoms in total. The van der Waals surface area contributed by atoms with Crippen molar-refractivity contribution in [1.82, 2.24) is 10.2 Å². The number of hydrogen-bond donors (Lipinski definition) is 1. The molecular weight excluding hydrogens is 204 g/mol. The van der Waals surface area contributed by atoms with Gasteiger partial charge in [-0.15, -0.1) is 0 Å². The Hall–Kier alpha value is 0.270. The molecule has 2 aliphatic heterocycles. The van der Waals surface area contributed by atoms with Crippen LogP contribution in [0, 0.1) is 5.41 Å². The molecule has 0 aromatic carbocycles. The summed E-state index contributed by atoms with van der Waals surface area (Å²) in [6.07, 6.45) is 2.71. The van der Waals surface area contributed by atoms with Crippen molar-refractivity contribution in [2.24, 2.45) is 5.41 Å². The predicted molar refractivity (Wildman–Crippen MR) is 68.6 cm³/mol. The van der Waals surface area contributed by atoms with E-state index in [4.69, 9.17) is 0 Å². The summed E-state index contributed by atoms with van der Waals surface area (Å²) >= 11 is 2.13. The standard InChI is InChI=1S/C12H24N2S/c1-3-12(4-5-13-9-12)10-14-6-7-15-11(2)8-14/h11,13H,3-10H2,1-2H3. The Balaban J connectivity index is 1.88. The van der Waals surface area contributed by atoms with Crippen molar-refractivity contribution in [3.8, 4) is 0 Å². The molecule has 3 heteroatoms. The van der Waals surface area contributed by atoms with Crippen LogP contribution in [0.1, 0.15) is 26.7 Å². The highest BCUT2D eigenvalue weighted by molar-refractivity contribution is 7.99. The van der Waals surface area contributed by atoms with Crippen LogP contribution in [0.25, 0.3) is 0 Å². The molecule has 88 valence electrons. The third kappa shape index (κ3) is 2.89. The van der Waals surface area contributed by atoms with Gasteiger partial charge in [-0.05, 0) is 24.8 Å². The number of rotatable bonds is 3. The lowest BCUT2D eigenvalue weighted by atomic mass is 9.83. The first-order valence-corrected chi connectivity index (χ1v) is 7.34. The molecule has 2 rings (SSSR count). The molecule has 2 saturated heterocycles. The summed E-state index contributed by atoms with van der Waals surface area (Å²) in [5, 5.41) is 4.37. The van der Waals surface area contributed by atoms with E-state index in [1.165, 1.54) is 51.3 Å². The Kier molecular flexibility index (Phi) is 3.97. The monoisotopic (exact) mass is 228 g/mol. The highest BCUT2D eigenvalue weighted by atomic mass is 32.2. The molecule has 0 aliphatic carbocycles. The molecule has 0 radical (unpaired) electrons. The highest BCUT2D eigenvalue weighted by Crippen LogP contribution is 2.31. The second-order valence-electron chi connectivity index (χ2n) is 5.20. The van der Waals surface area contributed by atoms with Gasteiger partial charge >= 0.3 is 0 Å².